The minimum absolute atomic E-state index is 0.489. The van der Waals surface area contributed by atoms with Crippen LogP contribution in [0.5, 0.6) is 0 Å². The summed E-state index contributed by atoms with van der Waals surface area (Å²) in [5.74, 6) is 0. The number of H-pyrrole nitrogens is 1. The lowest BCUT2D eigenvalue weighted by atomic mass is 10.1. The summed E-state index contributed by atoms with van der Waals surface area (Å²) in [7, 11) is 0. The fourth-order valence-corrected chi connectivity index (χ4v) is 2.03. The van der Waals surface area contributed by atoms with Crippen LogP contribution in [0.3, 0.4) is 0 Å². The fraction of sp³-hybridized carbons (Fsp3) is 0. The van der Waals surface area contributed by atoms with Crippen LogP contribution in [0.1, 0.15) is 0 Å². The Labute approximate surface area is 103 Å². The molecule has 0 aliphatic rings. The predicted octanol–water partition coefficient (Wildman–Crippen LogP) is 3.35. The number of hydrogen-bond donors (Lipinski definition) is 1. The molecule has 3 nitrogen and oxygen atoms in total. The lowest BCUT2D eigenvalue weighted by molar-refractivity contribution is 1.14. The Balaban J connectivity index is 2.34. The van der Waals surface area contributed by atoms with Gasteiger partial charge in [-0.25, -0.2) is 4.98 Å². The van der Waals surface area contributed by atoms with E-state index in [2.05, 4.69) is 21.0 Å². The molecule has 1 N–H and O–H groups in total. The highest BCUT2D eigenvalue weighted by molar-refractivity contribution is 7.71. The first-order chi connectivity index (χ1) is 8.34. The topological polar surface area (TPSA) is 41.6 Å². The van der Waals surface area contributed by atoms with Crippen LogP contribution >= 0.6 is 12.2 Å². The van der Waals surface area contributed by atoms with Crippen molar-refractivity contribution in [1.29, 1.82) is 0 Å². The van der Waals surface area contributed by atoms with E-state index in [9.17, 15) is 0 Å². The van der Waals surface area contributed by atoms with Crippen molar-refractivity contribution in [2.45, 2.75) is 0 Å². The van der Waals surface area contributed by atoms with Crippen molar-refractivity contribution in [2.24, 2.45) is 0 Å². The summed E-state index contributed by atoms with van der Waals surface area (Å²) in [4.78, 5) is 11.4. The largest absolute Gasteiger partial charge is 0.330 e. The first kappa shape index (κ1) is 10.1. The Morgan fingerprint density at radius 2 is 1.88 bits per heavy atom. The van der Waals surface area contributed by atoms with Gasteiger partial charge in [0.05, 0.1) is 5.52 Å². The second kappa shape index (κ2) is 4.07. The van der Waals surface area contributed by atoms with Crippen LogP contribution < -0.4 is 0 Å². The number of fused-ring (bicyclic) bond motifs is 1. The van der Waals surface area contributed by atoms with Gasteiger partial charge in [-0.15, -0.1) is 0 Å². The molecule has 0 aliphatic carbocycles. The molecule has 3 rings (SSSR count). The van der Waals surface area contributed by atoms with Gasteiger partial charge in [0, 0.05) is 29.0 Å². The van der Waals surface area contributed by atoms with Crippen LogP contribution in [0.25, 0.3) is 22.2 Å². The van der Waals surface area contributed by atoms with Crippen LogP contribution in [-0.4, -0.2) is 15.0 Å². The maximum absolute atomic E-state index is 5.04. The molecule has 17 heavy (non-hydrogen) atoms. The summed E-state index contributed by atoms with van der Waals surface area (Å²) >= 11 is 5.04. The lowest BCUT2D eigenvalue weighted by Gasteiger charge is -2.05. The van der Waals surface area contributed by atoms with Crippen molar-refractivity contribution < 1.29 is 0 Å². The van der Waals surface area contributed by atoms with Crippen LogP contribution in [0.15, 0.2) is 48.8 Å². The van der Waals surface area contributed by atoms with Crippen LogP contribution in [-0.2, 0) is 0 Å². The summed E-state index contributed by atoms with van der Waals surface area (Å²) < 4.78 is 0.489. The molecule has 0 amide bonds. The van der Waals surface area contributed by atoms with Crippen molar-refractivity contribution in [1.82, 2.24) is 15.0 Å². The van der Waals surface area contributed by atoms with Gasteiger partial charge in [-0.1, -0.05) is 18.2 Å². The third kappa shape index (κ3) is 1.83. The van der Waals surface area contributed by atoms with E-state index >= 15 is 0 Å². The zero-order valence-electron chi connectivity index (χ0n) is 8.92. The van der Waals surface area contributed by atoms with E-state index in [-0.39, 0.29) is 0 Å². The Morgan fingerprint density at radius 3 is 2.76 bits per heavy atom. The minimum atomic E-state index is 0.489. The molecule has 0 radical (unpaired) electrons. The van der Waals surface area contributed by atoms with Gasteiger partial charge in [-0.3, -0.25) is 4.98 Å². The molecule has 0 unspecified atom stereocenters. The van der Waals surface area contributed by atoms with E-state index in [0.717, 1.165) is 22.2 Å². The average molecular weight is 239 g/mol. The van der Waals surface area contributed by atoms with Gasteiger partial charge >= 0.3 is 0 Å². The van der Waals surface area contributed by atoms with Gasteiger partial charge < -0.3 is 4.98 Å². The summed E-state index contributed by atoms with van der Waals surface area (Å²) in [5.41, 5.74) is 3.02. The van der Waals surface area contributed by atoms with Crippen molar-refractivity contribution in [3.05, 3.63) is 53.6 Å². The molecule has 0 bridgehead atoms. The fourth-order valence-electron chi connectivity index (χ4n) is 1.86. The molecule has 2 aromatic heterocycles. The summed E-state index contributed by atoms with van der Waals surface area (Å²) in [5, 5.41) is 1.10. The number of aromatic nitrogens is 3. The van der Waals surface area contributed by atoms with Gasteiger partial charge in [0.15, 0.2) is 4.77 Å². The molecule has 3 aromatic rings. The van der Waals surface area contributed by atoms with Crippen molar-refractivity contribution in [2.75, 3.05) is 0 Å². The van der Waals surface area contributed by atoms with Crippen molar-refractivity contribution in [3.8, 4) is 11.3 Å². The number of aromatic amines is 1. The standard InChI is InChI=1S/C13H9N3S/c17-13-15-8-6-12(16-13)10-3-1-5-11-9(10)4-2-7-14-11/h1-8H,(H,15,16,17). The smallest absolute Gasteiger partial charge is 0.197 e. The van der Waals surface area contributed by atoms with Crippen LogP contribution in [0.2, 0.25) is 0 Å². The number of nitrogens with one attached hydrogen (secondary N) is 1. The van der Waals surface area contributed by atoms with E-state index in [0.29, 0.717) is 4.77 Å². The molecule has 0 saturated carbocycles. The Morgan fingerprint density at radius 1 is 0.941 bits per heavy atom. The Hall–Kier alpha value is -2.07. The highest BCUT2D eigenvalue weighted by Crippen LogP contribution is 2.25. The second-order valence-electron chi connectivity index (χ2n) is 3.66. The van der Waals surface area contributed by atoms with E-state index < -0.39 is 0 Å². The molecule has 2 heterocycles. The molecule has 4 heteroatoms. The zero-order chi connectivity index (χ0) is 11.7. The van der Waals surface area contributed by atoms with Crippen molar-refractivity contribution in [3.63, 3.8) is 0 Å². The van der Waals surface area contributed by atoms with Gasteiger partial charge in [-0.05, 0) is 30.4 Å². The maximum atomic E-state index is 5.04. The number of nitrogens with zero attached hydrogens (tertiary/aromatic N) is 2. The molecule has 82 valence electrons. The summed E-state index contributed by atoms with van der Waals surface area (Å²) in [6.45, 7) is 0. The minimum Gasteiger partial charge on any atom is -0.330 e. The third-order valence-corrected chi connectivity index (χ3v) is 2.82. The highest BCUT2D eigenvalue weighted by Gasteiger charge is 2.03. The first-order valence-corrected chi connectivity index (χ1v) is 5.65. The van der Waals surface area contributed by atoms with Crippen molar-refractivity contribution >= 4 is 23.1 Å². The monoisotopic (exact) mass is 239 g/mol. The molecular formula is C13H9N3S. The first-order valence-electron chi connectivity index (χ1n) is 5.24. The van der Waals surface area contributed by atoms with E-state index in [4.69, 9.17) is 12.2 Å². The number of rotatable bonds is 1. The Bertz CT molecular complexity index is 728. The lowest BCUT2D eigenvalue weighted by Crippen LogP contribution is -1.88. The maximum Gasteiger partial charge on any atom is 0.197 e. The van der Waals surface area contributed by atoms with E-state index in [1.165, 1.54) is 0 Å². The van der Waals surface area contributed by atoms with Gasteiger partial charge in [0.1, 0.15) is 0 Å². The molecule has 0 atom stereocenters. The average Bonchev–Trinajstić information content (AvgIpc) is 2.38. The number of hydrogen-bond acceptors (Lipinski definition) is 3. The van der Waals surface area contributed by atoms with Gasteiger partial charge in [0.2, 0.25) is 0 Å². The zero-order valence-corrected chi connectivity index (χ0v) is 9.74. The SMILES string of the molecule is S=c1nccc(-c2cccc3ncccc23)[nH]1. The van der Waals surface area contributed by atoms with Crippen LogP contribution in [0, 0.1) is 4.77 Å². The third-order valence-electron chi connectivity index (χ3n) is 2.61. The van der Waals surface area contributed by atoms with E-state index in [1.807, 2.05) is 30.3 Å². The quantitative estimate of drug-likeness (QED) is 0.662. The summed E-state index contributed by atoms with van der Waals surface area (Å²) in [6, 6.07) is 11.9. The molecule has 0 fully saturated rings. The predicted molar refractivity (Wildman–Crippen MR) is 70.2 cm³/mol. The molecule has 0 spiro atoms. The molecular weight excluding hydrogens is 230 g/mol. The normalized spacial score (nSPS) is 10.6. The van der Waals surface area contributed by atoms with E-state index in [1.54, 1.807) is 12.4 Å². The number of benzene rings is 1. The highest BCUT2D eigenvalue weighted by atomic mass is 32.1. The van der Waals surface area contributed by atoms with Gasteiger partial charge in [0.25, 0.3) is 0 Å². The molecule has 0 aliphatic heterocycles. The summed E-state index contributed by atoms with van der Waals surface area (Å²) in [6.07, 6.45) is 3.50. The number of pyridine rings is 1. The van der Waals surface area contributed by atoms with Crippen LogP contribution in [0.4, 0.5) is 0 Å². The Kier molecular flexibility index (Phi) is 2.42. The second-order valence-corrected chi connectivity index (χ2v) is 4.05. The molecule has 0 saturated heterocycles. The van der Waals surface area contributed by atoms with Gasteiger partial charge in [-0.2, -0.15) is 0 Å². The molecule has 1 aromatic carbocycles.